The third-order valence-corrected chi connectivity index (χ3v) is 16.7. The molecule has 0 aromatic heterocycles. The van der Waals surface area contributed by atoms with Gasteiger partial charge in [-0.2, -0.15) is 0 Å². The first kappa shape index (κ1) is 50.1. The second-order valence-corrected chi connectivity index (χ2v) is 22.9. The molecule has 3 unspecified atom stereocenters. The van der Waals surface area contributed by atoms with Crippen LogP contribution in [-0.2, 0) is 28.6 Å². The van der Waals surface area contributed by atoms with Crippen LogP contribution >= 0.6 is 0 Å². The summed E-state index contributed by atoms with van der Waals surface area (Å²) >= 11 is 0. The van der Waals surface area contributed by atoms with E-state index in [9.17, 15) is 14.4 Å². The molecule has 4 aliphatic carbocycles. The standard InChI is InChI=1S/C53H94O6/c1-11-13-15-23-48(54)57-36-40(37-58-49(55)24-16-14-12-2)22-17-18-25-50(56)59-47(35-51(6,7)8)41-30-32-52(9)42(34-41)26-27-43-45-29-28-44(39(5)21-19-20-38(3)4)53(45,10)33-31-46(43)52/h38-47H,11-37H2,1-10H3/t39-,41?,42?,43+,44-,45+,46+,47?,52+,53-/m1/s1. The van der Waals surface area contributed by atoms with Crippen LogP contribution in [0.2, 0.25) is 0 Å². The number of esters is 3. The Morgan fingerprint density at radius 3 is 1.85 bits per heavy atom. The molecule has 0 bridgehead atoms. The van der Waals surface area contributed by atoms with Gasteiger partial charge >= 0.3 is 17.9 Å². The van der Waals surface area contributed by atoms with Gasteiger partial charge in [-0.1, -0.05) is 121 Å². The quantitative estimate of drug-likeness (QED) is 0.0518. The Morgan fingerprint density at radius 1 is 0.644 bits per heavy atom. The number of carbonyl (C=O) groups excluding carboxylic acids is 3. The predicted octanol–water partition coefficient (Wildman–Crippen LogP) is 14.5. The Bertz CT molecular complexity index is 1240. The van der Waals surface area contributed by atoms with Gasteiger partial charge in [0, 0.05) is 25.2 Å². The third-order valence-electron chi connectivity index (χ3n) is 16.7. The number of hydrogen-bond acceptors (Lipinski definition) is 6. The monoisotopic (exact) mass is 827 g/mol. The topological polar surface area (TPSA) is 78.9 Å². The first-order chi connectivity index (χ1) is 28.0. The van der Waals surface area contributed by atoms with E-state index in [4.69, 9.17) is 14.2 Å². The van der Waals surface area contributed by atoms with E-state index in [1.165, 1.54) is 77.0 Å². The highest BCUT2D eigenvalue weighted by atomic mass is 16.6. The second-order valence-electron chi connectivity index (χ2n) is 22.9. The summed E-state index contributed by atoms with van der Waals surface area (Å²) in [6, 6.07) is 0. The first-order valence-corrected chi connectivity index (χ1v) is 25.5. The minimum Gasteiger partial charge on any atom is -0.465 e. The number of rotatable bonds is 25. The van der Waals surface area contributed by atoms with Crippen molar-refractivity contribution in [1.29, 1.82) is 0 Å². The van der Waals surface area contributed by atoms with E-state index in [0.717, 1.165) is 106 Å². The maximum atomic E-state index is 13.6. The lowest BCUT2D eigenvalue weighted by Gasteiger charge is -2.61. The molecule has 0 aromatic carbocycles. The molecule has 4 aliphatic rings. The van der Waals surface area contributed by atoms with E-state index in [1.807, 2.05) is 0 Å². The van der Waals surface area contributed by atoms with Gasteiger partial charge in [0.15, 0.2) is 0 Å². The summed E-state index contributed by atoms with van der Waals surface area (Å²) in [5, 5.41) is 0. The summed E-state index contributed by atoms with van der Waals surface area (Å²) in [5.74, 6) is 5.94. The van der Waals surface area contributed by atoms with Crippen LogP contribution in [0, 0.1) is 69.5 Å². The third kappa shape index (κ3) is 14.7. The average Bonchev–Trinajstić information content (AvgIpc) is 3.53. The molecule has 0 aliphatic heterocycles. The minimum absolute atomic E-state index is 0.0285. The van der Waals surface area contributed by atoms with Gasteiger partial charge in [-0.05, 0) is 153 Å². The van der Waals surface area contributed by atoms with Crippen molar-refractivity contribution in [3.63, 3.8) is 0 Å². The molecular weight excluding hydrogens is 733 g/mol. The largest absolute Gasteiger partial charge is 0.465 e. The maximum absolute atomic E-state index is 13.6. The Hall–Kier alpha value is -1.59. The second kappa shape index (κ2) is 23.7. The molecule has 0 N–H and O–H groups in total. The van der Waals surface area contributed by atoms with Gasteiger partial charge in [0.2, 0.25) is 0 Å². The molecule has 0 spiro atoms. The van der Waals surface area contributed by atoms with Crippen LogP contribution in [0.5, 0.6) is 0 Å². The molecule has 10 atom stereocenters. The van der Waals surface area contributed by atoms with Gasteiger partial charge in [0.25, 0.3) is 0 Å². The van der Waals surface area contributed by atoms with Gasteiger partial charge in [0.1, 0.15) is 6.10 Å². The van der Waals surface area contributed by atoms with Crippen LogP contribution in [0.25, 0.3) is 0 Å². The minimum atomic E-state index is -0.177. The summed E-state index contributed by atoms with van der Waals surface area (Å²) in [7, 11) is 0. The van der Waals surface area contributed by atoms with Crippen LogP contribution in [-0.4, -0.2) is 37.2 Å². The Morgan fingerprint density at radius 2 is 1.24 bits per heavy atom. The van der Waals surface area contributed by atoms with E-state index in [0.29, 0.717) is 36.0 Å². The molecule has 0 saturated heterocycles. The highest BCUT2D eigenvalue weighted by Gasteiger charge is 2.61. The van der Waals surface area contributed by atoms with E-state index < -0.39 is 0 Å². The van der Waals surface area contributed by atoms with Gasteiger partial charge in [0.05, 0.1) is 13.2 Å². The first-order valence-electron chi connectivity index (χ1n) is 25.5. The zero-order chi connectivity index (χ0) is 43.2. The number of ether oxygens (including phenoxy) is 3. The van der Waals surface area contributed by atoms with Crippen molar-refractivity contribution >= 4 is 17.9 Å². The van der Waals surface area contributed by atoms with E-state index in [-0.39, 0.29) is 48.6 Å². The fourth-order valence-electron chi connectivity index (χ4n) is 13.3. The Balaban J connectivity index is 1.29. The van der Waals surface area contributed by atoms with Crippen LogP contribution in [0.3, 0.4) is 0 Å². The van der Waals surface area contributed by atoms with Crippen LogP contribution in [0.1, 0.15) is 230 Å². The molecule has 4 rings (SSSR count). The molecule has 342 valence electrons. The fourth-order valence-corrected chi connectivity index (χ4v) is 13.3. The van der Waals surface area contributed by atoms with Crippen molar-refractivity contribution in [2.24, 2.45) is 69.5 Å². The van der Waals surface area contributed by atoms with Crippen molar-refractivity contribution in [3.8, 4) is 0 Å². The lowest BCUT2D eigenvalue weighted by Crippen LogP contribution is -2.54. The Labute approximate surface area is 364 Å². The van der Waals surface area contributed by atoms with Gasteiger partial charge in [-0.3, -0.25) is 14.4 Å². The van der Waals surface area contributed by atoms with Crippen molar-refractivity contribution in [1.82, 2.24) is 0 Å². The van der Waals surface area contributed by atoms with Gasteiger partial charge in [-0.15, -0.1) is 0 Å². The van der Waals surface area contributed by atoms with Crippen molar-refractivity contribution in [3.05, 3.63) is 0 Å². The van der Waals surface area contributed by atoms with Crippen molar-refractivity contribution < 1.29 is 28.6 Å². The van der Waals surface area contributed by atoms with Crippen molar-refractivity contribution in [2.45, 2.75) is 236 Å². The molecule has 0 heterocycles. The maximum Gasteiger partial charge on any atom is 0.306 e. The van der Waals surface area contributed by atoms with Crippen LogP contribution in [0.4, 0.5) is 0 Å². The molecule has 0 radical (unpaired) electrons. The van der Waals surface area contributed by atoms with Gasteiger partial charge < -0.3 is 14.2 Å². The number of hydrogen-bond donors (Lipinski definition) is 0. The molecule has 0 aromatic rings. The lowest BCUT2D eigenvalue weighted by molar-refractivity contribution is -0.161. The molecular formula is C53H94O6. The van der Waals surface area contributed by atoms with E-state index in [1.54, 1.807) is 0 Å². The molecule has 4 saturated carbocycles. The summed E-state index contributed by atoms with van der Waals surface area (Å²) < 4.78 is 17.8. The Kier molecular flexibility index (Phi) is 20.1. The van der Waals surface area contributed by atoms with Gasteiger partial charge in [-0.25, -0.2) is 0 Å². The van der Waals surface area contributed by atoms with Crippen molar-refractivity contribution in [2.75, 3.05) is 13.2 Å². The zero-order valence-corrected chi connectivity index (χ0v) is 40.3. The predicted molar refractivity (Wildman–Crippen MR) is 243 cm³/mol. The smallest absolute Gasteiger partial charge is 0.306 e. The van der Waals surface area contributed by atoms with E-state index >= 15 is 0 Å². The van der Waals surface area contributed by atoms with Crippen LogP contribution < -0.4 is 0 Å². The summed E-state index contributed by atoms with van der Waals surface area (Å²) in [4.78, 5) is 38.3. The highest BCUT2D eigenvalue weighted by molar-refractivity contribution is 5.70. The number of unbranched alkanes of at least 4 members (excludes halogenated alkanes) is 5. The number of carbonyl (C=O) groups is 3. The molecule has 59 heavy (non-hydrogen) atoms. The highest BCUT2D eigenvalue weighted by Crippen LogP contribution is 2.69. The summed E-state index contributed by atoms with van der Waals surface area (Å²) in [6.45, 7) is 24.4. The molecule has 6 heteroatoms. The SMILES string of the molecule is CCCCCC(=O)OCC(CCCCC(=O)OC(CC(C)(C)C)C1CC[C@@]2(C)C(CC[C@H]3[C@@H]4CC[C@H]([C@H](C)CCCC(C)C)[C@@]4(C)CC[C@@H]32)C1)COC(=O)CCCCC. The molecule has 4 fully saturated rings. The zero-order valence-electron chi connectivity index (χ0n) is 40.3. The number of fused-ring (bicyclic) bond motifs is 5. The summed E-state index contributed by atoms with van der Waals surface area (Å²) in [6.07, 6.45) is 26.6. The fraction of sp³-hybridized carbons (Fsp3) is 0.943. The molecule has 6 nitrogen and oxygen atoms in total. The normalized spacial score (nSPS) is 30.3. The van der Waals surface area contributed by atoms with E-state index in [2.05, 4.69) is 69.2 Å². The summed E-state index contributed by atoms with van der Waals surface area (Å²) in [5.41, 5.74) is 1.03. The lowest BCUT2D eigenvalue weighted by atomic mass is 9.43. The molecule has 0 amide bonds. The average molecular weight is 827 g/mol. The van der Waals surface area contributed by atoms with Crippen LogP contribution in [0.15, 0.2) is 0 Å².